The van der Waals surface area contributed by atoms with E-state index in [4.69, 9.17) is 4.98 Å². The highest BCUT2D eigenvalue weighted by molar-refractivity contribution is 6.11. The highest BCUT2D eigenvalue weighted by Crippen LogP contribution is 2.40. The summed E-state index contributed by atoms with van der Waals surface area (Å²) in [5, 5.41) is 15.2. The van der Waals surface area contributed by atoms with Gasteiger partial charge >= 0.3 is 0 Å². The molecule has 0 N–H and O–H groups in total. The van der Waals surface area contributed by atoms with E-state index in [1.54, 1.807) is 0 Å². The van der Waals surface area contributed by atoms with Gasteiger partial charge in [-0.15, -0.1) is 0 Å². The first-order valence-corrected chi connectivity index (χ1v) is 15.4. The van der Waals surface area contributed by atoms with Crippen molar-refractivity contribution in [1.29, 1.82) is 5.26 Å². The highest BCUT2D eigenvalue weighted by atomic mass is 15.1. The van der Waals surface area contributed by atoms with E-state index in [2.05, 4.69) is 149 Å². The number of benzene rings is 6. The van der Waals surface area contributed by atoms with E-state index in [1.165, 1.54) is 21.5 Å². The molecule has 0 aliphatic rings. The van der Waals surface area contributed by atoms with Crippen LogP contribution in [-0.4, -0.2) is 14.1 Å². The molecule has 0 spiro atoms. The maximum atomic E-state index is 10.4. The Morgan fingerprint density at radius 3 is 1.59 bits per heavy atom. The lowest BCUT2D eigenvalue weighted by Crippen LogP contribution is -2.01. The number of para-hydroxylation sites is 4. The fourth-order valence-electron chi connectivity index (χ4n) is 7.10. The average molecular weight is 587 g/mol. The molecule has 0 amide bonds. The standard InChI is InChI=1S/C42H26N4/c43-27-30-14-10-24-40(45-36-20-5-1-15-32(36)33-16-2-6-21-37(33)45)41(30)29-13-9-12-28(26-29)31-19-11-25-44-42(31)46-38-22-7-3-17-34(38)35-18-4-8-23-39(35)46/h1-26H. The first-order valence-electron chi connectivity index (χ1n) is 15.4. The van der Waals surface area contributed by atoms with E-state index < -0.39 is 0 Å². The normalized spacial score (nSPS) is 11.5. The number of nitrogens with zero attached hydrogens (tertiary/aromatic N) is 4. The minimum absolute atomic E-state index is 0.630. The molecule has 4 heteroatoms. The Morgan fingerprint density at radius 1 is 0.478 bits per heavy atom. The molecule has 46 heavy (non-hydrogen) atoms. The summed E-state index contributed by atoms with van der Waals surface area (Å²) in [4.78, 5) is 4.97. The van der Waals surface area contributed by atoms with Crippen molar-refractivity contribution in [3.8, 4) is 39.8 Å². The van der Waals surface area contributed by atoms with E-state index >= 15 is 0 Å². The van der Waals surface area contributed by atoms with Crippen LogP contribution in [0.15, 0.2) is 158 Å². The van der Waals surface area contributed by atoms with Gasteiger partial charge in [-0.2, -0.15) is 5.26 Å². The van der Waals surface area contributed by atoms with Crippen LogP contribution in [0.25, 0.3) is 77.4 Å². The fourth-order valence-corrected chi connectivity index (χ4v) is 7.10. The van der Waals surface area contributed by atoms with E-state index in [-0.39, 0.29) is 0 Å². The van der Waals surface area contributed by atoms with Crippen LogP contribution in [0, 0.1) is 11.3 Å². The highest BCUT2D eigenvalue weighted by Gasteiger charge is 2.20. The van der Waals surface area contributed by atoms with E-state index in [0.717, 1.165) is 55.8 Å². The summed E-state index contributed by atoms with van der Waals surface area (Å²) in [7, 11) is 0. The topological polar surface area (TPSA) is 46.5 Å². The second-order valence-corrected chi connectivity index (χ2v) is 11.5. The third-order valence-corrected chi connectivity index (χ3v) is 9.02. The monoisotopic (exact) mass is 586 g/mol. The van der Waals surface area contributed by atoms with Crippen molar-refractivity contribution in [2.24, 2.45) is 0 Å². The predicted molar refractivity (Wildman–Crippen MR) is 189 cm³/mol. The minimum Gasteiger partial charge on any atom is -0.309 e. The van der Waals surface area contributed by atoms with Gasteiger partial charge in [0.1, 0.15) is 5.82 Å². The molecule has 0 bridgehead atoms. The lowest BCUT2D eigenvalue weighted by molar-refractivity contribution is 1.08. The summed E-state index contributed by atoms with van der Waals surface area (Å²) in [5.74, 6) is 0.869. The van der Waals surface area contributed by atoms with Gasteiger partial charge in [0.25, 0.3) is 0 Å². The summed E-state index contributed by atoms with van der Waals surface area (Å²) < 4.78 is 4.56. The molecule has 4 nitrogen and oxygen atoms in total. The summed E-state index contributed by atoms with van der Waals surface area (Å²) in [5.41, 5.74) is 9.98. The van der Waals surface area contributed by atoms with Gasteiger partial charge in [0.15, 0.2) is 0 Å². The van der Waals surface area contributed by atoms with Crippen molar-refractivity contribution >= 4 is 43.6 Å². The molecule has 0 aliphatic heterocycles. The molecule has 0 fully saturated rings. The Hall–Kier alpha value is -6.44. The Bertz CT molecular complexity index is 2560. The molecule has 0 saturated carbocycles. The van der Waals surface area contributed by atoms with Crippen molar-refractivity contribution in [2.45, 2.75) is 0 Å². The minimum atomic E-state index is 0.630. The van der Waals surface area contributed by atoms with Gasteiger partial charge in [0.2, 0.25) is 0 Å². The average Bonchev–Trinajstić information content (AvgIpc) is 3.64. The third kappa shape index (κ3) is 3.83. The molecular weight excluding hydrogens is 560 g/mol. The molecule has 214 valence electrons. The summed E-state index contributed by atoms with van der Waals surface area (Å²) in [6, 6.07) is 55.1. The van der Waals surface area contributed by atoms with Gasteiger partial charge in [0.05, 0.1) is 39.4 Å². The number of aromatic nitrogens is 3. The number of fused-ring (bicyclic) bond motifs is 6. The van der Waals surface area contributed by atoms with Crippen LogP contribution in [-0.2, 0) is 0 Å². The van der Waals surface area contributed by atoms with E-state index in [1.807, 2.05) is 24.4 Å². The van der Waals surface area contributed by atoms with Crippen LogP contribution in [0.1, 0.15) is 5.56 Å². The number of rotatable bonds is 4. The fraction of sp³-hybridized carbons (Fsp3) is 0. The summed E-state index contributed by atoms with van der Waals surface area (Å²) in [6.45, 7) is 0. The van der Waals surface area contributed by atoms with Gasteiger partial charge in [-0.25, -0.2) is 4.98 Å². The third-order valence-electron chi connectivity index (χ3n) is 9.02. The zero-order valence-electron chi connectivity index (χ0n) is 24.8. The number of hydrogen-bond donors (Lipinski definition) is 0. The molecule has 6 aromatic carbocycles. The van der Waals surface area contributed by atoms with Crippen LogP contribution in [0.2, 0.25) is 0 Å². The maximum Gasteiger partial charge on any atom is 0.145 e. The smallest absolute Gasteiger partial charge is 0.145 e. The van der Waals surface area contributed by atoms with Crippen molar-refractivity contribution in [1.82, 2.24) is 14.1 Å². The molecule has 9 aromatic rings. The van der Waals surface area contributed by atoms with Crippen LogP contribution < -0.4 is 0 Å². The largest absolute Gasteiger partial charge is 0.309 e. The van der Waals surface area contributed by atoms with Crippen LogP contribution in [0.4, 0.5) is 0 Å². The number of hydrogen-bond acceptors (Lipinski definition) is 2. The lowest BCUT2D eigenvalue weighted by atomic mass is 9.94. The van der Waals surface area contributed by atoms with E-state index in [0.29, 0.717) is 5.56 Å². The Labute approximate surface area is 265 Å². The van der Waals surface area contributed by atoms with Crippen LogP contribution in [0.5, 0.6) is 0 Å². The molecule has 0 radical (unpaired) electrons. The summed E-state index contributed by atoms with van der Waals surface area (Å²) >= 11 is 0. The van der Waals surface area contributed by atoms with Crippen molar-refractivity contribution in [2.75, 3.05) is 0 Å². The Kier molecular flexibility index (Phi) is 5.84. The first kappa shape index (κ1) is 26.0. The van der Waals surface area contributed by atoms with Gasteiger partial charge in [-0.3, -0.25) is 4.57 Å². The first-order chi connectivity index (χ1) is 22.8. The predicted octanol–water partition coefficient (Wildman–Crippen LogP) is 10.5. The van der Waals surface area contributed by atoms with Gasteiger partial charge < -0.3 is 4.57 Å². The second kappa shape index (κ2) is 10.3. The molecule has 0 unspecified atom stereocenters. The second-order valence-electron chi connectivity index (χ2n) is 11.5. The summed E-state index contributed by atoms with van der Waals surface area (Å²) in [6.07, 6.45) is 1.86. The zero-order chi connectivity index (χ0) is 30.6. The Balaban J connectivity index is 1.29. The van der Waals surface area contributed by atoms with Gasteiger partial charge in [-0.1, -0.05) is 97.1 Å². The number of pyridine rings is 1. The van der Waals surface area contributed by atoms with E-state index in [9.17, 15) is 5.26 Å². The Morgan fingerprint density at radius 2 is 1.00 bits per heavy atom. The van der Waals surface area contributed by atoms with Crippen molar-refractivity contribution in [3.05, 3.63) is 163 Å². The van der Waals surface area contributed by atoms with Crippen LogP contribution >= 0.6 is 0 Å². The molecule has 0 aliphatic carbocycles. The van der Waals surface area contributed by atoms with Crippen LogP contribution in [0.3, 0.4) is 0 Å². The molecule has 9 rings (SSSR count). The SMILES string of the molecule is N#Cc1cccc(-n2c3ccccc3c3ccccc32)c1-c1cccc(-c2cccnc2-n2c3ccccc3c3ccccc32)c1. The number of nitriles is 1. The van der Waals surface area contributed by atoms with Gasteiger partial charge in [-0.05, 0) is 65.7 Å². The molecule has 0 saturated heterocycles. The molecule has 3 heterocycles. The van der Waals surface area contributed by atoms with Crippen molar-refractivity contribution in [3.63, 3.8) is 0 Å². The lowest BCUT2D eigenvalue weighted by Gasteiger charge is -2.17. The van der Waals surface area contributed by atoms with Crippen molar-refractivity contribution < 1.29 is 0 Å². The maximum absolute atomic E-state index is 10.4. The molecule has 0 atom stereocenters. The molecular formula is C42H26N4. The molecule has 3 aromatic heterocycles. The zero-order valence-corrected chi connectivity index (χ0v) is 24.8. The quantitative estimate of drug-likeness (QED) is 0.206. The van der Waals surface area contributed by atoms with Gasteiger partial charge in [0, 0.05) is 38.9 Å².